The Morgan fingerprint density at radius 1 is 1.47 bits per heavy atom. The molecule has 1 amide bonds. The first-order valence-electron chi connectivity index (χ1n) is 5.85. The van der Waals surface area contributed by atoms with Gasteiger partial charge in [0.2, 0.25) is 5.91 Å². The number of β-amino-alcohol motifs (C(OH)–C–C–N with tert-alkyl or cyclic N) is 1. The third-order valence-corrected chi connectivity index (χ3v) is 2.87. The molecule has 15 heavy (non-hydrogen) atoms. The smallest absolute Gasteiger partial charge is 0.225 e. The van der Waals surface area contributed by atoms with Crippen LogP contribution in [0.15, 0.2) is 0 Å². The molecule has 0 radical (unpaired) electrons. The summed E-state index contributed by atoms with van der Waals surface area (Å²) >= 11 is 0. The number of carbonyl (C=O) groups excluding carboxylic acids is 1. The standard InChI is InChI=1S/C11H22N2O2/c1-3-5-12(4-2)6-7-13-9-10(14)8-11(13)15/h10,14H,3-9H2,1-2H3. The molecular weight excluding hydrogens is 192 g/mol. The van der Waals surface area contributed by atoms with Gasteiger partial charge in [0.1, 0.15) is 0 Å². The summed E-state index contributed by atoms with van der Waals surface area (Å²) in [4.78, 5) is 15.5. The summed E-state index contributed by atoms with van der Waals surface area (Å²) in [6.07, 6.45) is 1.00. The number of aliphatic hydroxyl groups is 1. The van der Waals surface area contributed by atoms with Crippen LogP contribution in [0.1, 0.15) is 26.7 Å². The van der Waals surface area contributed by atoms with E-state index in [0.29, 0.717) is 13.0 Å². The number of aliphatic hydroxyl groups excluding tert-OH is 1. The Morgan fingerprint density at radius 3 is 2.67 bits per heavy atom. The molecule has 0 aromatic rings. The Morgan fingerprint density at radius 2 is 2.20 bits per heavy atom. The van der Waals surface area contributed by atoms with Gasteiger partial charge < -0.3 is 14.9 Å². The second-order valence-corrected chi connectivity index (χ2v) is 4.13. The van der Waals surface area contributed by atoms with E-state index in [1.165, 1.54) is 0 Å². The predicted octanol–water partition coefficient (Wildman–Crippen LogP) is 0.311. The van der Waals surface area contributed by atoms with Crippen LogP contribution in [0, 0.1) is 0 Å². The molecule has 1 atom stereocenters. The van der Waals surface area contributed by atoms with Gasteiger partial charge in [-0.1, -0.05) is 13.8 Å². The number of nitrogens with zero attached hydrogens (tertiary/aromatic N) is 2. The van der Waals surface area contributed by atoms with Crippen molar-refractivity contribution in [2.75, 3.05) is 32.7 Å². The SMILES string of the molecule is CCCN(CC)CCN1CC(O)CC1=O. The highest BCUT2D eigenvalue weighted by molar-refractivity contribution is 5.78. The number of amides is 1. The zero-order valence-electron chi connectivity index (χ0n) is 9.78. The number of hydrogen-bond donors (Lipinski definition) is 1. The van der Waals surface area contributed by atoms with Gasteiger partial charge in [-0.25, -0.2) is 0 Å². The topological polar surface area (TPSA) is 43.8 Å². The van der Waals surface area contributed by atoms with E-state index in [1.807, 2.05) is 0 Å². The summed E-state index contributed by atoms with van der Waals surface area (Å²) in [5.74, 6) is 0.0926. The summed E-state index contributed by atoms with van der Waals surface area (Å²) in [6, 6.07) is 0. The Balaban J connectivity index is 2.26. The summed E-state index contributed by atoms with van der Waals surface area (Å²) in [5.41, 5.74) is 0. The number of likely N-dealkylation sites (N-methyl/N-ethyl adjacent to an activating group) is 1. The first-order chi connectivity index (χ1) is 7.17. The molecule has 1 N–H and O–H groups in total. The fourth-order valence-corrected chi connectivity index (χ4v) is 1.97. The lowest BCUT2D eigenvalue weighted by Crippen LogP contribution is -2.36. The molecule has 0 aromatic heterocycles. The van der Waals surface area contributed by atoms with Gasteiger partial charge in [-0.15, -0.1) is 0 Å². The molecule has 1 fully saturated rings. The number of hydrogen-bond acceptors (Lipinski definition) is 3. The lowest BCUT2D eigenvalue weighted by atomic mass is 10.3. The maximum atomic E-state index is 11.4. The van der Waals surface area contributed by atoms with Crippen molar-refractivity contribution < 1.29 is 9.90 Å². The molecule has 4 heteroatoms. The first-order valence-corrected chi connectivity index (χ1v) is 5.85. The number of likely N-dealkylation sites (tertiary alicyclic amines) is 1. The van der Waals surface area contributed by atoms with Crippen LogP contribution in [0.25, 0.3) is 0 Å². The average molecular weight is 214 g/mol. The molecule has 1 aliphatic rings. The second-order valence-electron chi connectivity index (χ2n) is 4.13. The van der Waals surface area contributed by atoms with Gasteiger partial charge >= 0.3 is 0 Å². The maximum Gasteiger partial charge on any atom is 0.225 e. The zero-order valence-corrected chi connectivity index (χ0v) is 9.78. The van der Waals surface area contributed by atoms with E-state index in [9.17, 15) is 9.90 Å². The lowest BCUT2D eigenvalue weighted by Gasteiger charge is -2.23. The molecule has 1 saturated heterocycles. The molecule has 1 unspecified atom stereocenters. The minimum atomic E-state index is -0.446. The molecule has 0 aromatic carbocycles. The third-order valence-electron chi connectivity index (χ3n) is 2.87. The van der Waals surface area contributed by atoms with Crippen molar-refractivity contribution in [3.63, 3.8) is 0 Å². The van der Waals surface area contributed by atoms with E-state index >= 15 is 0 Å². The summed E-state index contributed by atoms with van der Waals surface area (Å²) in [7, 11) is 0. The molecule has 1 aliphatic heterocycles. The predicted molar refractivity (Wildman–Crippen MR) is 59.6 cm³/mol. The minimum Gasteiger partial charge on any atom is -0.391 e. The Bertz CT molecular complexity index is 209. The van der Waals surface area contributed by atoms with Crippen molar-refractivity contribution in [3.8, 4) is 0 Å². The monoisotopic (exact) mass is 214 g/mol. The fourth-order valence-electron chi connectivity index (χ4n) is 1.97. The third kappa shape index (κ3) is 3.80. The van der Waals surface area contributed by atoms with E-state index in [1.54, 1.807) is 4.90 Å². The van der Waals surface area contributed by atoms with E-state index in [4.69, 9.17) is 0 Å². The summed E-state index contributed by atoms with van der Waals surface area (Å²) in [5, 5.41) is 9.32. The van der Waals surface area contributed by atoms with Gasteiger partial charge in [-0.3, -0.25) is 4.79 Å². The molecule has 1 rings (SSSR count). The fraction of sp³-hybridized carbons (Fsp3) is 0.909. The molecule has 0 bridgehead atoms. The largest absolute Gasteiger partial charge is 0.391 e. The van der Waals surface area contributed by atoms with Crippen LogP contribution in [-0.4, -0.2) is 59.6 Å². The van der Waals surface area contributed by atoms with E-state index in [0.717, 1.165) is 32.6 Å². The van der Waals surface area contributed by atoms with Crippen LogP contribution in [0.3, 0.4) is 0 Å². The molecule has 0 spiro atoms. The lowest BCUT2D eigenvalue weighted by molar-refractivity contribution is -0.127. The van der Waals surface area contributed by atoms with Gasteiger partial charge in [0.25, 0.3) is 0 Å². The summed E-state index contributed by atoms with van der Waals surface area (Å²) in [6.45, 7) is 8.60. The quantitative estimate of drug-likeness (QED) is 0.692. The van der Waals surface area contributed by atoms with Crippen molar-refractivity contribution in [2.45, 2.75) is 32.8 Å². The number of carbonyl (C=O) groups is 1. The van der Waals surface area contributed by atoms with Crippen molar-refractivity contribution in [2.24, 2.45) is 0 Å². The van der Waals surface area contributed by atoms with Crippen LogP contribution in [-0.2, 0) is 4.79 Å². The average Bonchev–Trinajstić information content (AvgIpc) is 2.52. The van der Waals surface area contributed by atoms with Crippen molar-refractivity contribution in [1.29, 1.82) is 0 Å². The van der Waals surface area contributed by atoms with Gasteiger partial charge in [-0.2, -0.15) is 0 Å². The Kier molecular flexibility index (Phi) is 5.05. The van der Waals surface area contributed by atoms with Crippen LogP contribution in [0.5, 0.6) is 0 Å². The maximum absolute atomic E-state index is 11.4. The van der Waals surface area contributed by atoms with Crippen LogP contribution >= 0.6 is 0 Å². The summed E-state index contributed by atoms with van der Waals surface area (Å²) < 4.78 is 0. The van der Waals surface area contributed by atoms with E-state index < -0.39 is 6.10 Å². The Hall–Kier alpha value is -0.610. The second kappa shape index (κ2) is 6.08. The first kappa shape index (κ1) is 12.5. The highest BCUT2D eigenvalue weighted by Crippen LogP contribution is 2.10. The van der Waals surface area contributed by atoms with Crippen LogP contribution < -0.4 is 0 Å². The Labute approximate surface area is 91.9 Å². The molecular formula is C11H22N2O2. The zero-order chi connectivity index (χ0) is 11.3. The van der Waals surface area contributed by atoms with Crippen LogP contribution in [0.4, 0.5) is 0 Å². The molecule has 4 nitrogen and oxygen atoms in total. The van der Waals surface area contributed by atoms with Gasteiger partial charge in [0.15, 0.2) is 0 Å². The van der Waals surface area contributed by atoms with Crippen molar-refractivity contribution in [3.05, 3.63) is 0 Å². The molecule has 1 heterocycles. The van der Waals surface area contributed by atoms with Gasteiger partial charge in [0, 0.05) is 19.6 Å². The van der Waals surface area contributed by atoms with E-state index in [2.05, 4.69) is 18.7 Å². The highest BCUT2D eigenvalue weighted by atomic mass is 16.3. The highest BCUT2D eigenvalue weighted by Gasteiger charge is 2.27. The molecule has 0 saturated carbocycles. The number of rotatable bonds is 6. The van der Waals surface area contributed by atoms with Gasteiger partial charge in [0.05, 0.1) is 12.5 Å². The van der Waals surface area contributed by atoms with Crippen molar-refractivity contribution >= 4 is 5.91 Å². The van der Waals surface area contributed by atoms with Gasteiger partial charge in [-0.05, 0) is 19.5 Å². The van der Waals surface area contributed by atoms with E-state index in [-0.39, 0.29) is 5.91 Å². The molecule has 0 aliphatic carbocycles. The van der Waals surface area contributed by atoms with Crippen molar-refractivity contribution in [1.82, 2.24) is 9.80 Å². The van der Waals surface area contributed by atoms with Crippen LogP contribution in [0.2, 0.25) is 0 Å². The molecule has 88 valence electrons. The normalized spacial score (nSPS) is 21.7. The minimum absolute atomic E-state index is 0.0926.